The molecule has 0 aliphatic carbocycles. The number of rotatable bonds is 9. The summed E-state index contributed by atoms with van der Waals surface area (Å²) in [5.74, 6) is 0.348. The number of nitrogens with zero attached hydrogens (tertiary/aromatic N) is 1. The number of hydrogen-bond acceptors (Lipinski definition) is 3. The third kappa shape index (κ3) is 6.34. The average Bonchev–Trinajstić information content (AvgIpc) is 2.53. The van der Waals surface area contributed by atoms with Crippen LogP contribution in [0.1, 0.15) is 32.3 Å². The molecule has 1 rings (SSSR count). The van der Waals surface area contributed by atoms with Crippen LogP contribution in [0.15, 0.2) is 33.7 Å². The van der Waals surface area contributed by atoms with Gasteiger partial charge >= 0.3 is 0 Å². The van der Waals surface area contributed by atoms with Crippen LogP contribution >= 0.6 is 15.9 Å². The fourth-order valence-corrected chi connectivity index (χ4v) is 2.24. The lowest BCUT2D eigenvalue weighted by atomic mass is 9.91. The molecule has 0 saturated heterocycles. The highest BCUT2D eigenvalue weighted by Crippen LogP contribution is 2.26. The zero-order chi connectivity index (χ0) is 16.4. The molecule has 1 atom stereocenters. The van der Waals surface area contributed by atoms with Gasteiger partial charge in [0.15, 0.2) is 5.96 Å². The van der Waals surface area contributed by atoms with Crippen molar-refractivity contribution in [2.24, 2.45) is 10.7 Å². The Bertz CT molecular complexity index is 465. The summed E-state index contributed by atoms with van der Waals surface area (Å²) in [4.78, 5) is 4.26. The van der Waals surface area contributed by atoms with Crippen molar-refractivity contribution in [2.45, 2.75) is 32.3 Å². The maximum atomic E-state index is 10.7. The largest absolute Gasteiger partial charge is 0.383 e. The van der Waals surface area contributed by atoms with E-state index in [1.54, 1.807) is 0 Å². The van der Waals surface area contributed by atoms with Crippen molar-refractivity contribution in [2.75, 3.05) is 26.3 Å². The summed E-state index contributed by atoms with van der Waals surface area (Å²) in [6.45, 7) is 6.27. The molecule has 4 N–H and O–H groups in total. The second kappa shape index (κ2) is 9.82. The van der Waals surface area contributed by atoms with E-state index in [1.165, 1.54) is 0 Å². The number of halogens is 1. The number of nitrogens with two attached hydrogens (primary N) is 1. The first kappa shape index (κ1) is 18.9. The Morgan fingerprint density at radius 1 is 1.36 bits per heavy atom. The third-order valence-electron chi connectivity index (χ3n) is 3.45. The summed E-state index contributed by atoms with van der Waals surface area (Å²) in [6, 6.07) is 7.62. The minimum atomic E-state index is -1.00. The number of aliphatic hydroxyl groups is 1. The summed E-state index contributed by atoms with van der Waals surface area (Å²) in [5, 5.41) is 13.8. The minimum absolute atomic E-state index is 0.232. The first-order chi connectivity index (χ1) is 10.5. The standard InChI is InChI=1S/C16H26BrN3O2/c1-3-16(21,13-6-8-14(17)9-7-13)12-20-15(18)19-10-5-11-22-4-2/h6-9,21H,3-5,10-12H2,1-2H3,(H3,18,19,20). The minimum Gasteiger partial charge on any atom is -0.383 e. The van der Waals surface area contributed by atoms with Crippen LogP contribution in [0.3, 0.4) is 0 Å². The number of ether oxygens (including phenoxy) is 1. The fourth-order valence-electron chi connectivity index (χ4n) is 1.97. The number of nitrogens with one attached hydrogen (secondary N) is 1. The van der Waals surface area contributed by atoms with Gasteiger partial charge in [-0.2, -0.15) is 0 Å². The molecule has 1 aromatic rings. The normalized spacial score (nSPS) is 14.6. The van der Waals surface area contributed by atoms with Gasteiger partial charge in [-0.3, -0.25) is 4.99 Å². The molecule has 0 spiro atoms. The molecule has 0 fully saturated rings. The first-order valence-electron chi connectivity index (χ1n) is 7.61. The summed E-state index contributed by atoms with van der Waals surface area (Å²) in [5.41, 5.74) is 5.67. The van der Waals surface area contributed by atoms with E-state index in [-0.39, 0.29) is 6.54 Å². The molecule has 6 heteroatoms. The van der Waals surface area contributed by atoms with Crippen molar-refractivity contribution in [3.05, 3.63) is 34.3 Å². The highest BCUT2D eigenvalue weighted by Gasteiger charge is 2.26. The Kier molecular flexibility index (Phi) is 8.45. The molecular formula is C16H26BrN3O2. The molecule has 1 unspecified atom stereocenters. The van der Waals surface area contributed by atoms with Crippen LogP contribution in [-0.2, 0) is 10.3 Å². The smallest absolute Gasteiger partial charge is 0.188 e. The van der Waals surface area contributed by atoms with Gasteiger partial charge in [0.1, 0.15) is 5.60 Å². The highest BCUT2D eigenvalue weighted by atomic mass is 79.9. The number of benzene rings is 1. The lowest BCUT2D eigenvalue weighted by Gasteiger charge is -2.25. The lowest BCUT2D eigenvalue weighted by molar-refractivity contribution is 0.0423. The van der Waals surface area contributed by atoms with Gasteiger partial charge in [-0.05, 0) is 37.5 Å². The first-order valence-corrected chi connectivity index (χ1v) is 8.41. The van der Waals surface area contributed by atoms with Crippen LogP contribution in [0, 0.1) is 0 Å². The molecule has 0 radical (unpaired) electrons. The number of aliphatic imine (C=N–C) groups is 1. The molecule has 0 aliphatic rings. The molecule has 22 heavy (non-hydrogen) atoms. The number of guanidine groups is 1. The predicted octanol–water partition coefficient (Wildman–Crippen LogP) is 2.38. The molecule has 1 aromatic carbocycles. The van der Waals surface area contributed by atoms with Crippen LogP contribution in [0.5, 0.6) is 0 Å². The lowest BCUT2D eigenvalue weighted by Crippen LogP contribution is -2.36. The van der Waals surface area contributed by atoms with Gasteiger partial charge in [-0.1, -0.05) is 35.0 Å². The SMILES string of the molecule is CCOCCCNC(N)=NCC(O)(CC)c1ccc(Br)cc1. The topological polar surface area (TPSA) is 79.9 Å². The van der Waals surface area contributed by atoms with Crippen LogP contribution in [0.2, 0.25) is 0 Å². The molecule has 0 heterocycles. The molecular weight excluding hydrogens is 346 g/mol. The second-order valence-corrected chi connectivity index (χ2v) is 5.99. The van der Waals surface area contributed by atoms with Crippen LogP contribution in [0.4, 0.5) is 0 Å². The van der Waals surface area contributed by atoms with Gasteiger partial charge in [-0.25, -0.2) is 0 Å². The summed E-state index contributed by atoms with van der Waals surface area (Å²) < 4.78 is 6.23. The predicted molar refractivity (Wildman–Crippen MR) is 93.9 cm³/mol. The molecule has 0 bridgehead atoms. The van der Waals surface area contributed by atoms with Gasteiger partial charge in [-0.15, -0.1) is 0 Å². The second-order valence-electron chi connectivity index (χ2n) is 5.07. The zero-order valence-corrected chi connectivity index (χ0v) is 14.9. The summed E-state index contributed by atoms with van der Waals surface area (Å²) >= 11 is 3.39. The Hall–Kier alpha value is -1.11. The quantitative estimate of drug-likeness (QED) is 0.353. The molecule has 0 saturated carbocycles. The zero-order valence-electron chi connectivity index (χ0n) is 13.3. The van der Waals surface area contributed by atoms with Crippen molar-refractivity contribution >= 4 is 21.9 Å². The molecule has 0 aromatic heterocycles. The molecule has 0 aliphatic heterocycles. The van der Waals surface area contributed by atoms with Crippen LogP contribution in [0.25, 0.3) is 0 Å². The van der Waals surface area contributed by atoms with E-state index in [9.17, 15) is 5.11 Å². The third-order valence-corrected chi connectivity index (χ3v) is 3.98. The molecule has 0 amide bonds. The van der Waals surface area contributed by atoms with E-state index in [1.807, 2.05) is 38.1 Å². The van der Waals surface area contributed by atoms with Gasteiger partial charge in [0.05, 0.1) is 6.54 Å². The van der Waals surface area contributed by atoms with E-state index < -0.39 is 5.60 Å². The van der Waals surface area contributed by atoms with E-state index in [0.717, 1.165) is 23.1 Å². The summed E-state index contributed by atoms with van der Waals surface area (Å²) in [6.07, 6.45) is 1.44. The Morgan fingerprint density at radius 2 is 2.05 bits per heavy atom. The number of hydrogen-bond donors (Lipinski definition) is 3. The fraction of sp³-hybridized carbons (Fsp3) is 0.562. The molecule has 5 nitrogen and oxygen atoms in total. The maximum Gasteiger partial charge on any atom is 0.188 e. The Balaban J connectivity index is 2.53. The van der Waals surface area contributed by atoms with E-state index >= 15 is 0 Å². The van der Waals surface area contributed by atoms with Gasteiger partial charge in [0.25, 0.3) is 0 Å². The van der Waals surface area contributed by atoms with Crippen molar-refractivity contribution in [3.63, 3.8) is 0 Å². The van der Waals surface area contributed by atoms with E-state index in [0.29, 0.717) is 25.5 Å². The van der Waals surface area contributed by atoms with Crippen molar-refractivity contribution in [3.8, 4) is 0 Å². The highest BCUT2D eigenvalue weighted by molar-refractivity contribution is 9.10. The van der Waals surface area contributed by atoms with Gasteiger partial charge < -0.3 is 20.9 Å². The van der Waals surface area contributed by atoms with Crippen molar-refractivity contribution < 1.29 is 9.84 Å². The Morgan fingerprint density at radius 3 is 2.64 bits per heavy atom. The van der Waals surface area contributed by atoms with Crippen LogP contribution in [-0.4, -0.2) is 37.4 Å². The maximum absolute atomic E-state index is 10.7. The Labute approximate surface area is 141 Å². The monoisotopic (exact) mass is 371 g/mol. The van der Waals surface area contributed by atoms with Gasteiger partial charge in [0, 0.05) is 24.2 Å². The van der Waals surface area contributed by atoms with Crippen molar-refractivity contribution in [1.82, 2.24) is 5.32 Å². The van der Waals surface area contributed by atoms with Gasteiger partial charge in [0.2, 0.25) is 0 Å². The average molecular weight is 372 g/mol. The summed E-state index contributed by atoms with van der Waals surface area (Å²) in [7, 11) is 0. The van der Waals surface area contributed by atoms with Crippen molar-refractivity contribution in [1.29, 1.82) is 0 Å². The van der Waals surface area contributed by atoms with Crippen LogP contribution < -0.4 is 11.1 Å². The van der Waals surface area contributed by atoms with E-state index in [2.05, 4.69) is 26.2 Å². The van der Waals surface area contributed by atoms with E-state index in [4.69, 9.17) is 10.5 Å². The molecule has 124 valence electrons.